The Balaban J connectivity index is 1.35. The van der Waals surface area contributed by atoms with Gasteiger partial charge in [0.25, 0.3) is 0 Å². The van der Waals surface area contributed by atoms with Crippen LogP contribution in [0.5, 0.6) is 0 Å². The summed E-state index contributed by atoms with van der Waals surface area (Å²) in [5.74, 6) is 0. The van der Waals surface area contributed by atoms with Gasteiger partial charge in [0.05, 0.1) is 0 Å². The van der Waals surface area contributed by atoms with Crippen molar-refractivity contribution in [3.8, 4) is 44.5 Å². The summed E-state index contributed by atoms with van der Waals surface area (Å²) in [5, 5.41) is 7.43. The highest BCUT2D eigenvalue weighted by Gasteiger charge is 2.14. The smallest absolute Gasteiger partial charge is 0.0352 e. The first-order valence-electron chi connectivity index (χ1n) is 13.9. The minimum atomic E-state index is 1.09. The zero-order chi connectivity index (χ0) is 27.9. The van der Waals surface area contributed by atoms with Crippen molar-refractivity contribution in [2.45, 2.75) is 0 Å². The van der Waals surface area contributed by atoms with Gasteiger partial charge in [0.2, 0.25) is 0 Å². The highest BCUT2D eigenvalue weighted by Crippen LogP contribution is 2.41. The summed E-state index contributed by atoms with van der Waals surface area (Å²) in [5.41, 5.74) is 9.02. The fourth-order valence-corrected chi connectivity index (χ4v) is 6.11. The SMILES string of the molecule is c1ccc2c(c1)c1cc(-c3ccncc3-c3ccncc3)ccc1c1ccc(-c3ccncc3-c3ccncc3)cc21. The van der Waals surface area contributed by atoms with Crippen LogP contribution in [0.4, 0.5) is 0 Å². The maximum atomic E-state index is 4.43. The van der Waals surface area contributed by atoms with Gasteiger partial charge in [0, 0.05) is 60.7 Å². The maximum Gasteiger partial charge on any atom is 0.0352 e. The Morgan fingerprint density at radius 3 is 1.14 bits per heavy atom. The second-order valence-corrected chi connectivity index (χ2v) is 10.4. The highest BCUT2D eigenvalue weighted by atomic mass is 14.6. The molecule has 0 radical (unpaired) electrons. The molecule has 8 rings (SSSR count). The Labute approximate surface area is 243 Å². The largest absolute Gasteiger partial charge is 0.265 e. The molecular weight excluding hydrogens is 512 g/mol. The number of aromatic nitrogens is 4. The normalized spacial score (nSPS) is 11.3. The van der Waals surface area contributed by atoms with E-state index in [9.17, 15) is 0 Å². The molecule has 0 unspecified atom stereocenters. The molecule has 0 atom stereocenters. The van der Waals surface area contributed by atoms with E-state index in [2.05, 4.69) is 92.7 Å². The van der Waals surface area contributed by atoms with E-state index in [1.165, 1.54) is 32.3 Å². The van der Waals surface area contributed by atoms with Gasteiger partial charge in [-0.3, -0.25) is 19.9 Å². The lowest BCUT2D eigenvalue weighted by Crippen LogP contribution is -1.90. The van der Waals surface area contributed by atoms with Gasteiger partial charge in [-0.05, 0) is 114 Å². The van der Waals surface area contributed by atoms with Crippen LogP contribution in [0.25, 0.3) is 76.8 Å². The molecular formula is C38H24N4. The number of benzene rings is 4. The van der Waals surface area contributed by atoms with Crippen LogP contribution < -0.4 is 0 Å². The van der Waals surface area contributed by atoms with E-state index >= 15 is 0 Å². The van der Waals surface area contributed by atoms with Gasteiger partial charge in [0.15, 0.2) is 0 Å². The van der Waals surface area contributed by atoms with Crippen molar-refractivity contribution in [3.05, 3.63) is 147 Å². The van der Waals surface area contributed by atoms with Crippen molar-refractivity contribution < 1.29 is 0 Å². The molecule has 4 nitrogen and oxygen atoms in total. The van der Waals surface area contributed by atoms with Crippen LogP contribution in [0.15, 0.2) is 147 Å². The summed E-state index contributed by atoms with van der Waals surface area (Å²) in [4.78, 5) is 17.3. The van der Waals surface area contributed by atoms with Crippen LogP contribution in [0, 0.1) is 0 Å². The molecule has 0 fully saturated rings. The van der Waals surface area contributed by atoms with Gasteiger partial charge in [-0.25, -0.2) is 0 Å². The van der Waals surface area contributed by atoms with Gasteiger partial charge in [-0.15, -0.1) is 0 Å². The molecule has 0 aliphatic heterocycles. The molecule has 4 aromatic heterocycles. The number of nitrogens with zero attached hydrogens (tertiary/aromatic N) is 4. The average Bonchev–Trinajstić information content (AvgIpc) is 3.09. The first-order valence-corrected chi connectivity index (χ1v) is 13.9. The quantitative estimate of drug-likeness (QED) is 0.210. The van der Waals surface area contributed by atoms with Crippen molar-refractivity contribution in [2.75, 3.05) is 0 Å². The molecule has 196 valence electrons. The first-order chi connectivity index (χ1) is 20.8. The predicted molar refractivity (Wildman–Crippen MR) is 172 cm³/mol. The molecule has 42 heavy (non-hydrogen) atoms. The second-order valence-electron chi connectivity index (χ2n) is 10.4. The van der Waals surface area contributed by atoms with E-state index in [1.54, 1.807) is 0 Å². The Bertz CT molecular complexity index is 2060. The second kappa shape index (κ2) is 10.0. The number of fused-ring (bicyclic) bond motifs is 6. The average molecular weight is 537 g/mol. The molecule has 8 aromatic rings. The third kappa shape index (κ3) is 4.01. The Morgan fingerprint density at radius 2 is 0.690 bits per heavy atom. The molecule has 0 saturated carbocycles. The Hall–Kier alpha value is -5.74. The van der Waals surface area contributed by atoms with Crippen LogP contribution in [0.1, 0.15) is 0 Å². The van der Waals surface area contributed by atoms with Crippen molar-refractivity contribution in [3.63, 3.8) is 0 Å². The van der Waals surface area contributed by atoms with E-state index < -0.39 is 0 Å². The lowest BCUT2D eigenvalue weighted by atomic mass is 9.89. The Kier molecular flexibility index (Phi) is 5.75. The first kappa shape index (κ1) is 24.1. The zero-order valence-electron chi connectivity index (χ0n) is 22.6. The fraction of sp³-hybridized carbons (Fsp3) is 0. The standard InChI is InChI=1S/C38H24N4/c1-2-4-32-31(3-1)35-21-27(29-13-19-41-23-37(29)25-9-15-39-16-10-25)5-7-33(35)34-8-6-28(22-36(32)34)30-14-20-42-24-38(30)26-11-17-40-18-12-26/h1-24H. The summed E-state index contributed by atoms with van der Waals surface area (Å²) < 4.78 is 0. The zero-order valence-corrected chi connectivity index (χ0v) is 22.6. The third-order valence-corrected chi connectivity index (χ3v) is 8.08. The number of rotatable bonds is 4. The number of hydrogen-bond acceptors (Lipinski definition) is 4. The molecule has 4 heteroatoms. The van der Waals surface area contributed by atoms with Gasteiger partial charge in [-0.2, -0.15) is 0 Å². The third-order valence-electron chi connectivity index (χ3n) is 8.08. The topological polar surface area (TPSA) is 51.6 Å². The van der Waals surface area contributed by atoms with Gasteiger partial charge in [0.1, 0.15) is 0 Å². The van der Waals surface area contributed by atoms with E-state index in [0.29, 0.717) is 0 Å². The molecule has 4 aromatic carbocycles. The van der Waals surface area contributed by atoms with E-state index in [4.69, 9.17) is 0 Å². The summed E-state index contributed by atoms with van der Waals surface area (Å²) in [6.07, 6.45) is 14.9. The summed E-state index contributed by atoms with van der Waals surface area (Å²) in [6, 6.07) is 34.7. The maximum absolute atomic E-state index is 4.43. The lowest BCUT2D eigenvalue weighted by molar-refractivity contribution is 1.30. The highest BCUT2D eigenvalue weighted by molar-refractivity contribution is 6.26. The molecule has 4 heterocycles. The molecule has 0 bridgehead atoms. The summed E-state index contributed by atoms with van der Waals surface area (Å²) in [6.45, 7) is 0. The van der Waals surface area contributed by atoms with Gasteiger partial charge in [-0.1, -0.05) is 48.5 Å². The summed E-state index contributed by atoms with van der Waals surface area (Å²) >= 11 is 0. The minimum Gasteiger partial charge on any atom is -0.265 e. The molecule has 0 N–H and O–H groups in total. The van der Waals surface area contributed by atoms with Crippen molar-refractivity contribution in [1.82, 2.24) is 19.9 Å². The summed E-state index contributed by atoms with van der Waals surface area (Å²) in [7, 11) is 0. The van der Waals surface area contributed by atoms with Crippen molar-refractivity contribution >= 4 is 32.3 Å². The van der Waals surface area contributed by atoms with Crippen LogP contribution in [-0.4, -0.2) is 19.9 Å². The van der Waals surface area contributed by atoms with Crippen LogP contribution in [-0.2, 0) is 0 Å². The van der Waals surface area contributed by atoms with Crippen molar-refractivity contribution in [2.24, 2.45) is 0 Å². The predicted octanol–water partition coefficient (Wildman–Crippen LogP) is 9.39. The van der Waals surface area contributed by atoms with Gasteiger partial charge >= 0.3 is 0 Å². The van der Waals surface area contributed by atoms with E-state index in [0.717, 1.165) is 44.5 Å². The molecule has 0 spiro atoms. The molecule has 0 amide bonds. The van der Waals surface area contributed by atoms with E-state index in [-0.39, 0.29) is 0 Å². The fourth-order valence-electron chi connectivity index (χ4n) is 6.11. The number of pyridine rings is 4. The molecule has 0 aliphatic rings. The number of hydrogen-bond donors (Lipinski definition) is 0. The lowest BCUT2D eigenvalue weighted by Gasteiger charge is -2.15. The van der Waals surface area contributed by atoms with Crippen molar-refractivity contribution in [1.29, 1.82) is 0 Å². The van der Waals surface area contributed by atoms with Crippen LogP contribution in [0.3, 0.4) is 0 Å². The van der Waals surface area contributed by atoms with Gasteiger partial charge < -0.3 is 0 Å². The van der Waals surface area contributed by atoms with Crippen LogP contribution in [0.2, 0.25) is 0 Å². The minimum absolute atomic E-state index is 1.09. The monoisotopic (exact) mass is 536 g/mol. The van der Waals surface area contributed by atoms with Crippen LogP contribution >= 0.6 is 0 Å². The molecule has 0 saturated heterocycles. The molecule has 0 aliphatic carbocycles. The van der Waals surface area contributed by atoms with E-state index in [1.807, 2.05) is 73.8 Å². The Morgan fingerprint density at radius 1 is 0.286 bits per heavy atom.